The summed E-state index contributed by atoms with van der Waals surface area (Å²) in [5, 5.41) is 0.784. The number of nitrogens with zero attached hydrogens (tertiary/aromatic N) is 4. The van der Waals surface area contributed by atoms with Gasteiger partial charge in [0, 0.05) is 62.6 Å². The molecule has 0 saturated carbocycles. The fraction of sp³-hybridized carbons (Fsp3) is 0.714. The molecule has 0 aromatic heterocycles. The second-order valence-corrected chi connectivity index (χ2v) is 10.8. The summed E-state index contributed by atoms with van der Waals surface area (Å²) in [4.78, 5) is 4.94. The van der Waals surface area contributed by atoms with Gasteiger partial charge in [-0.05, 0) is 56.8 Å². The quantitative estimate of drug-likeness (QED) is 0.721. The molecular formula is C21H33ClN4O2S. The molecule has 0 aliphatic carbocycles. The summed E-state index contributed by atoms with van der Waals surface area (Å²) in [6.45, 7) is 6.52. The molecule has 0 amide bonds. The summed E-state index contributed by atoms with van der Waals surface area (Å²) < 4.78 is 29.5. The molecule has 1 aromatic rings. The minimum atomic E-state index is -3.29. The third kappa shape index (κ3) is 5.07. The molecule has 4 rings (SSSR count). The van der Waals surface area contributed by atoms with E-state index in [9.17, 15) is 8.42 Å². The lowest BCUT2D eigenvalue weighted by molar-refractivity contribution is 0.177. The first kappa shape index (κ1) is 21.4. The molecule has 0 bridgehead atoms. The van der Waals surface area contributed by atoms with Gasteiger partial charge in [-0.3, -0.25) is 4.90 Å². The maximum atomic E-state index is 13.0. The molecule has 162 valence electrons. The molecule has 3 aliphatic rings. The lowest BCUT2D eigenvalue weighted by atomic mass is 10.0. The highest BCUT2D eigenvalue weighted by atomic mass is 35.5. The van der Waals surface area contributed by atoms with E-state index in [1.54, 1.807) is 8.61 Å². The summed E-state index contributed by atoms with van der Waals surface area (Å²) in [7, 11) is -3.29. The number of benzene rings is 1. The predicted octanol–water partition coefficient (Wildman–Crippen LogP) is 3.05. The molecule has 3 aliphatic heterocycles. The zero-order valence-corrected chi connectivity index (χ0v) is 18.8. The number of rotatable bonds is 4. The number of hydrogen-bond donors (Lipinski definition) is 0. The van der Waals surface area contributed by atoms with E-state index < -0.39 is 10.2 Å². The van der Waals surface area contributed by atoms with Crippen molar-refractivity contribution in [3.8, 4) is 0 Å². The van der Waals surface area contributed by atoms with Gasteiger partial charge in [0.25, 0.3) is 10.2 Å². The summed E-state index contributed by atoms with van der Waals surface area (Å²) >= 11 is 6.15. The van der Waals surface area contributed by atoms with Gasteiger partial charge in [-0.2, -0.15) is 17.0 Å². The van der Waals surface area contributed by atoms with Gasteiger partial charge in [-0.1, -0.05) is 24.1 Å². The Kier molecular flexibility index (Phi) is 7.02. The van der Waals surface area contributed by atoms with Crippen LogP contribution in [0.1, 0.15) is 38.5 Å². The van der Waals surface area contributed by atoms with Crippen molar-refractivity contribution < 1.29 is 8.42 Å². The van der Waals surface area contributed by atoms with Crippen LogP contribution >= 0.6 is 11.6 Å². The minimum Gasteiger partial charge on any atom is -0.371 e. The second-order valence-electron chi connectivity index (χ2n) is 8.45. The van der Waals surface area contributed by atoms with Crippen molar-refractivity contribution in [2.45, 2.75) is 44.6 Å². The van der Waals surface area contributed by atoms with Crippen LogP contribution in [0.2, 0.25) is 5.02 Å². The number of hydrogen-bond acceptors (Lipinski definition) is 4. The van der Waals surface area contributed by atoms with Crippen LogP contribution in [0.4, 0.5) is 5.69 Å². The normalized spacial score (nSPS) is 24.5. The van der Waals surface area contributed by atoms with Crippen molar-refractivity contribution in [2.75, 3.05) is 57.3 Å². The molecule has 1 aromatic carbocycles. The molecule has 3 fully saturated rings. The van der Waals surface area contributed by atoms with Gasteiger partial charge in [0.1, 0.15) is 0 Å². The first-order valence-electron chi connectivity index (χ1n) is 11.0. The molecule has 6 nitrogen and oxygen atoms in total. The summed E-state index contributed by atoms with van der Waals surface area (Å²) in [6.07, 6.45) is 6.28. The highest BCUT2D eigenvalue weighted by Gasteiger charge is 2.33. The van der Waals surface area contributed by atoms with Gasteiger partial charge < -0.3 is 4.90 Å². The standard InChI is InChI=1S/C21H33ClN4O2S/c22-19-6-4-7-21(18-19)24-14-8-20(9-15-24)23-10-5-13-26(17-16-23)29(27,28)25-11-2-1-3-12-25/h4,6-7,18,20H,1-3,5,8-17H2. The van der Waals surface area contributed by atoms with Gasteiger partial charge in [0.15, 0.2) is 0 Å². The SMILES string of the molecule is O=S(=O)(N1CCCCC1)N1CCCN(C2CCN(c3cccc(Cl)c3)CC2)CC1. The van der Waals surface area contributed by atoms with Crippen LogP contribution in [-0.2, 0) is 10.2 Å². The van der Waals surface area contributed by atoms with Crippen LogP contribution in [0, 0.1) is 0 Å². The molecule has 0 atom stereocenters. The van der Waals surface area contributed by atoms with E-state index in [-0.39, 0.29) is 0 Å². The topological polar surface area (TPSA) is 47.1 Å². The third-order valence-electron chi connectivity index (χ3n) is 6.61. The zero-order valence-electron chi connectivity index (χ0n) is 17.2. The predicted molar refractivity (Wildman–Crippen MR) is 119 cm³/mol. The van der Waals surface area contributed by atoms with Crippen LogP contribution in [-0.4, -0.2) is 80.3 Å². The Labute approximate surface area is 180 Å². The summed E-state index contributed by atoms with van der Waals surface area (Å²) in [5.74, 6) is 0. The molecule has 3 saturated heterocycles. The first-order valence-corrected chi connectivity index (χ1v) is 12.8. The molecular weight excluding hydrogens is 408 g/mol. The van der Waals surface area contributed by atoms with Crippen LogP contribution in [0.5, 0.6) is 0 Å². The molecule has 0 N–H and O–H groups in total. The third-order valence-corrected chi connectivity index (χ3v) is 8.88. The zero-order chi connectivity index (χ0) is 20.3. The molecule has 0 spiro atoms. The Morgan fingerprint density at radius 2 is 1.48 bits per heavy atom. The average Bonchev–Trinajstić information content (AvgIpc) is 3.01. The van der Waals surface area contributed by atoms with E-state index in [1.165, 1.54) is 5.69 Å². The lowest BCUT2D eigenvalue weighted by Gasteiger charge is -2.39. The molecule has 0 radical (unpaired) electrons. The molecule has 29 heavy (non-hydrogen) atoms. The maximum absolute atomic E-state index is 13.0. The van der Waals surface area contributed by atoms with Crippen molar-refractivity contribution in [3.63, 3.8) is 0 Å². The van der Waals surface area contributed by atoms with Crippen LogP contribution in [0.3, 0.4) is 0 Å². The smallest absolute Gasteiger partial charge is 0.282 e. The van der Waals surface area contributed by atoms with E-state index in [0.717, 1.165) is 69.7 Å². The van der Waals surface area contributed by atoms with Crippen molar-refractivity contribution in [1.82, 2.24) is 13.5 Å². The Balaban J connectivity index is 1.31. The van der Waals surface area contributed by atoms with Gasteiger partial charge in [-0.15, -0.1) is 0 Å². The summed E-state index contributed by atoms with van der Waals surface area (Å²) in [6, 6.07) is 8.64. The van der Waals surface area contributed by atoms with Crippen molar-refractivity contribution >= 4 is 27.5 Å². The monoisotopic (exact) mass is 440 g/mol. The van der Waals surface area contributed by atoms with E-state index in [2.05, 4.69) is 15.9 Å². The largest absolute Gasteiger partial charge is 0.371 e. The van der Waals surface area contributed by atoms with Crippen LogP contribution in [0.15, 0.2) is 24.3 Å². The Hall–Kier alpha value is -0.860. The van der Waals surface area contributed by atoms with Crippen LogP contribution < -0.4 is 4.90 Å². The maximum Gasteiger partial charge on any atom is 0.282 e. The first-order chi connectivity index (χ1) is 14.0. The average molecular weight is 441 g/mol. The highest BCUT2D eigenvalue weighted by molar-refractivity contribution is 7.86. The van der Waals surface area contributed by atoms with E-state index >= 15 is 0 Å². The Bertz CT molecular complexity index is 777. The number of halogens is 1. The number of anilines is 1. The molecule has 3 heterocycles. The van der Waals surface area contributed by atoms with E-state index in [0.29, 0.717) is 32.2 Å². The molecule has 0 unspecified atom stereocenters. The fourth-order valence-corrected chi connectivity index (χ4v) is 6.83. The van der Waals surface area contributed by atoms with Gasteiger partial charge >= 0.3 is 0 Å². The van der Waals surface area contributed by atoms with E-state index in [4.69, 9.17) is 11.6 Å². The van der Waals surface area contributed by atoms with Crippen molar-refractivity contribution in [3.05, 3.63) is 29.3 Å². The van der Waals surface area contributed by atoms with Gasteiger partial charge in [-0.25, -0.2) is 0 Å². The van der Waals surface area contributed by atoms with Crippen molar-refractivity contribution in [1.29, 1.82) is 0 Å². The van der Waals surface area contributed by atoms with Gasteiger partial charge in [0.05, 0.1) is 0 Å². The highest BCUT2D eigenvalue weighted by Crippen LogP contribution is 2.26. The Morgan fingerprint density at radius 1 is 0.793 bits per heavy atom. The lowest BCUT2D eigenvalue weighted by Crippen LogP contribution is -2.48. The van der Waals surface area contributed by atoms with E-state index in [1.807, 2.05) is 18.2 Å². The Morgan fingerprint density at radius 3 is 2.21 bits per heavy atom. The molecule has 8 heteroatoms. The minimum absolute atomic E-state index is 0.545. The van der Waals surface area contributed by atoms with Crippen LogP contribution in [0.25, 0.3) is 0 Å². The number of piperidine rings is 2. The second kappa shape index (κ2) is 9.52. The summed E-state index contributed by atoms with van der Waals surface area (Å²) in [5.41, 5.74) is 1.20. The fourth-order valence-electron chi connectivity index (χ4n) is 4.93. The van der Waals surface area contributed by atoms with Gasteiger partial charge in [0.2, 0.25) is 0 Å². The van der Waals surface area contributed by atoms with Crippen molar-refractivity contribution in [2.24, 2.45) is 0 Å².